The first-order chi connectivity index (χ1) is 14.0. The predicted octanol–water partition coefficient (Wildman–Crippen LogP) is 3.89. The largest absolute Gasteiger partial charge is 0.267 e. The maximum atomic E-state index is 4.75. The van der Waals surface area contributed by atoms with E-state index in [2.05, 4.69) is 47.1 Å². The van der Waals surface area contributed by atoms with Crippen LogP contribution in [0.5, 0.6) is 0 Å². The average molecular weight is 560 g/mol. The maximum absolute atomic E-state index is 4.75. The molecule has 0 amide bonds. The zero-order valence-electron chi connectivity index (χ0n) is 17.6. The summed E-state index contributed by atoms with van der Waals surface area (Å²) in [7, 11) is 0. The molecule has 0 bridgehead atoms. The Morgan fingerprint density at radius 2 is 1.81 bits per heavy atom. The van der Waals surface area contributed by atoms with Crippen LogP contribution in [0, 0.1) is 6.42 Å². The van der Waals surface area contributed by atoms with Crippen molar-refractivity contribution in [2.24, 2.45) is 0 Å². The van der Waals surface area contributed by atoms with Crippen molar-refractivity contribution in [2.45, 2.75) is 26.3 Å². The number of hydrogen-bond donors (Lipinski definition) is 0. The Balaban J connectivity index is 0.00000136. The van der Waals surface area contributed by atoms with Gasteiger partial charge in [-0.25, -0.2) is 4.52 Å². The summed E-state index contributed by atoms with van der Waals surface area (Å²) < 4.78 is 3.70. The number of nitrogens with zero attached hydrogens (tertiary/aromatic N) is 7. The molecule has 0 N–H and O–H groups in total. The number of hydrogen-bond acceptors (Lipinski definition) is 5. The second kappa shape index (κ2) is 9.53. The van der Waals surface area contributed by atoms with Crippen LogP contribution in [-0.4, -0.2) is 34.6 Å². The summed E-state index contributed by atoms with van der Waals surface area (Å²) in [5.41, 5.74) is 4.39. The van der Waals surface area contributed by atoms with Gasteiger partial charge in [-0.05, 0) is 39.0 Å². The minimum absolute atomic E-state index is 0. The van der Waals surface area contributed by atoms with E-state index >= 15 is 0 Å². The van der Waals surface area contributed by atoms with E-state index < -0.39 is 0 Å². The molecule has 0 atom stereocenters. The molecule has 5 rings (SSSR count). The summed E-state index contributed by atoms with van der Waals surface area (Å²) in [5, 5.41) is 18.9. The fraction of sp³-hybridized carbons (Fsp3) is 0.182. The van der Waals surface area contributed by atoms with Gasteiger partial charge in [0, 0.05) is 88.9 Å². The van der Waals surface area contributed by atoms with Crippen molar-refractivity contribution in [3.8, 4) is 11.3 Å². The second-order valence-electron chi connectivity index (χ2n) is 7.99. The first-order valence-electron chi connectivity index (χ1n) is 9.45. The smallest absolute Gasteiger partial charge is 0.177 e. The molecule has 0 aliphatic carbocycles. The molecular weight excluding hydrogens is 540 g/mol. The number of benzene rings is 1. The van der Waals surface area contributed by atoms with Gasteiger partial charge >= 0.3 is 0 Å². The molecule has 4 aromatic heterocycles. The van der Waals surface area contributed by atoms with Gasteiger partial charge in [0.2, 0.25) is 0 Å². The number of aromatic nitrogens is 7. The predicted molar refractivity (Wildman–Crippen MR) is 111 cm³/mol. The van der Waals surface area contributed by atoms with Gasteiger partial charge in [-0.15, -0.1) is 16.6 Å². The minimum Gasteiger partial charge on any atom is -0.267 e. The number of rotatable bonds is 3. The third kappa shape index (κ3) is 4.95. The zero-order chi connectivity index (χ0) is 20.0. The number of fused-ring (bicyclic) bond motifs is 2. The van der Waals surface area contributed by atoms with E-state index in [-0.39, 0.29) is 71.0 Å². The fourth-order valence-corrected chi connectivity index (χ4v) is 3.20. The Morgan fingerprint density at radius 3 is 2.58 bits per heavy atom. The van der Waals surface area contributed by atoms with E-state index in [1.54, 1.807) is 10.7 Å². The van der Waals surface area contributed by atoms with E-state index in [0.717, 1.165) is 27.7 Å². The average Bonchev–Trinajstić information content (AvgIpc) is 3.35. The molecule has 0 aliphatic rings. The Kier molecular flexibility index (Phi) is 7.42. The van der Waals surface area contributed by atoms with Crippen molar-refractivity contribution in [3.63, 3.8) is 0 Å². The Labute approximate surface area is 230 Å². The molecule has 0 aliphatic heterocycles. The van der Waals surface area contributed by atoms with Gasteiger partial charge in [0.05, 0.1) is 17.4 Å². The summed E-state index contributed by atoms with van der Waals surface area (Å²) in [6.07, 6.45) is 7.62. The molecule has 0 unspecified atom stereocenters. The quantitative estimate of drug-likeness (QED) is 0.314. The van der Waals surface area contributed by atoms with E-state index in [1.165, 1.54) is 0 Å². The van der Waals surface area contributed by atoms with E-state index in [1.807, 2.05) is 59.9 Å². The fourth-order valence-electron chi connectivity index (χ4n) is 3.20. The summed E-state index contributed by atoms with van der Waals surface area (Å²) in [6, 6.07) is 14.0. The molecule has 0 fully saturated rings. The van der Waals surface area contributed by atoms with Gasteiger partial charge in [-0.3, -0.25) is 9.67 Å². The summed E-state index contributed by atoms with van der Waals surface area (Å²) in [5.74, 6) is 0.674. The van der Waals surface area contributed by atoms with Crippen LogP contribution in [0.2, 0.25) is 0 Å². The van der Waals surface area contributed by atoms with Crippen molar-refractivity contribution in [2.75, 3.05) is 0 Å². The van der Waals surface area contributed by atoms with Crippen LogP contribution in [0.3, 0.4) is 0 Å². The summed E-state index contributed by atoms with van der Waals surface area (Å²) >= 11 is 0. The van der Waals surface area contributed by atoms with Gasteiger partial charge < -0.3 is 0 Å². The Bertz CT molecular complexity index is 1330. The van der Waals surface area contributed by atoms with E-state index in [0.29, 0.717) is 11.5 Å². The molecule has 0 spiro atoms. The van der Waals surface area contributed by atoms with Crippen molar-refractivity contribution in [1.82, 2.24) is 34.6 Å². The Hall–Kier alpha value is -1.53. The standard InChI is InChI=1S/C22H20N7.2Y/c1-22(2,3)28-14-17(13-24-28)19-8-9-20-25-26-21(29(20)27-19)12-15-6-7-18-16(11-15)5-4-10-23-18;;/h4-14H,1-3H3;;/q-1;;. The number of pyridine rings is 1. The van der Waals surface area contributed by atoms with Gasteiger partial charge in [0.25, 0.3) is 0 Å². The van der Waals surface area contributed by atoms with Gasteiger partial charge in [0.15, 0.2) is 5.65 Å². The second-order valence-corrected chi connectivity index (χ2v) is 7.99. The minimum atomic E-state index is -0.0806. The molecule has 5 aromatic rings. The molecular formula is C22H20N7Y2-. The topological polar surface area (TPSA) is 73.8 Å². The Morgan fingerprint density at radius 1 is 0.968 bits per heavy atom. The van der Waals surface area contributed by atoms with Crippen molar-refractivity contribution >= 4 is 16.6 Å². The SMILES string of the molecule is CC(C)(C)n1cc(-c2ccc3nnc([CH-]c4ccc5ncccc5c4)n3n2)cn1.[Y].[Y]. The first-order valence-corrected chi connectivity index (χ1v) is 9.45. The van der Waals surface area contributed by atoms with Crippen molar-refractivity contribution in [1.29, 1.82) is 0 Å². The summed E-state index contributed by atoms with van der Waals surface area (Å²) in [6.45, 7) is 6.35. The molecule has 0 saturated heterocycles. The van der Waals surface area contributed by atoms with Crippen LogP contribution in [0.25, 0.3) is 27.8 Å². The first kappa shape index (κ1) is 24.1. The van der Waals surface area contributed by atoms with E-state index in [9.17, 15) is 0 Å². The van der Waals surface area contributed by atoms with Crippen LogP contribution in [0.4, 0.5) is 0 Å². The van der Waals surface area contributed by atoms with E-state index in [4.69, 9.17) is 5.10 Å². The van der Waals surface area contributed by atoms with Crippen LogP contribution < -0.4 is 0 Å². The molecule has 31 heavy (non-hydrogen) atoms. The van der Waals surface area contributed by atoms with Crippen LogP contribution in [-0.2, 0) is 71.0 Å². The molecule has 0 saturated carbocycles. The van der Waals surface area contributed by atoms with Gasteiger partial charge in [-0.1, -0.05) is 17.5 Å². The molecule has 150 valence electrons. The van der Waals surface area contributed by atoms with Crippen LogP contribution in [0.15, 0.2) is 61.1 Å². The molecule has 2 radical (unpaired) electrons. The van der Waals surface area contributed by atoms with Gasteiger partial charge in [-0.2, -0.15) is 27.9 Å². The molecule has 9 heteroatoms. The van der Waals surface area contributed by atoms with Crippen molar-refractivity contribution in [3.05, 3.63) is 78.9 Å². The third-order valence-electron chi connectivity index (χ3n) is 4.78. The molecule has 7 nitrogen and oxygen atoms in total. The maximum Gasteiger partial charge on any atom is 0.177 e. The molecule has 4 heterocycles. The van der Waals surface area contributed by atoms with Crippen molar-refractivity contribution < 1.29 is 65.4 Å². The molecule has 1 aromatic carbocycles. The third-order valence-corrected chi connectivity index (χ3v) is 4.78. The zero-order valence-corrected chi connectivity index (χ0v) is 23.3. The normalized spacial score (nSPS) is 11.2. The summed E-state index contributed by atoms with van der Waals surface area (Å²) in [4.78, 5) is 4.37. The van der Waals surface area contributed by atoms with Gasteiger partial charge in [0.1, 0.15) is 5.82 Å². The monoisotopic (exact) mass is 560 g/mol. The van der Waals surface area contributed by atoms with Crippen LogP contribution in [0.1, 0.15) is 32.2 Å². The van der Waals surface area contributed by atoms with Crippen LogP contribution >= 0.6 is 0 Å².